The first kappa shape index (κ1) is 19.8. The molecule has 146 valence electrons. The van der Waals surface area contributed by atoms with Crippen LogP contribution in [0, 0.1) is 5.82 Å². The Morgan fingerprint density at radius 3 is 2.59 bits per heavy atom. The van der Waals surface area contributed by atoms with Crippen molar-refractivity contribution in [1.82, 2.24) is 4.90 Å². The Morgan fingerprint density at radius 2 is 1.83 bits per heavy atom. The lowest BCUT2D eigenvalue weighted by Crippen LogP contribution is -2.27. The second-order valence-corrected chi connectivity index (χ2v) is 8.58. The summed E-state index contributed by atoms with van der Waals surface area (Å²) in [7, 11) is 0. The Kier molecular flexibility index (Phi) is 5.80. The van der Waals surface area contributed by atoms with E-state index in [0.717, 1.165) is 21.6 Å². The number of hydrogen-bond donors (Lipinski definition) is 0. The first-order valence-electron chi connectivity index (χ1n) is 8.51. The summed E-state index contributed by atoms with van der Waals surface area (Å²) in [6.07, 6.45) is 1.53. The van der Waals surface area contributed by atoms with E-state index in [9.17, 15) is 14.0 Å². The predicted molar refractivity (Wildman–Crippen MR) is 112 cm³/mol. The lowest BCUT2D eigenvalue weighted by molar-refractivity contribution is -0.123. The number of carbonyl (C=O) groups is 2. The Bertz CT molecular complexity index is 1110. The van der Waals surface area contributed by atoms with Crippen molar-refractivity contribution >= 4 is 52.3 Å². The van der Waals surface area contributed by atoms with E-state index < -0.39 is 17.0 Å². The van der Waals surface area contributed by atoms with Gasteiger partial charge in [0.05, 0.1) is 11.4 Å². The number of benzene rings is 2. The van der Waals surface area contributed by atoms with E-state index in [1.165, 1.54) is 23.9 Å². The highest BCUT2D eigenvalue weighted by Gasteiger charge is 2.35. The molecule has 4 rings (SSSR count). The molecule has 2 aromatic carbocycles. The molecule has 0 saturated carbocycles. The van der Waals surface area contributed by atoms with Crippen molar-refractivity contribution in [2.45, 2.75) is 16.5 Å². The molecular weight excluding hydrogens is 433 g/mol. The number of hydrogen-bond acceptors (Lipinski definition) is 5. The molecule has 8 heteroatoms. The maximum absolute atomic E-state index is 13.8. The maximum atomic E-state index is 13.8. The summed E-state index contributed by atoms with van der Waals surface area (Å²) in [5.41, 5.74) is 0.288. The molecule has 0 spiro atoms. The smallest absolute Gasteiger partial charge is 0.293 e. The Balaban J connectivity index is 1.48. The molecule has 0 atom stereocenters. The van der Waals surface area contributed by atoms with Gasteiger partial charge in [-0.2, -0.15) is 0 Å². The normalized spacial score (nSPS) is 15.5. The van der Waals surface area contributed by atoms with E-state index >= 15 is 0 Å². The fraction of sp³-hybridized carbons (Fsp3) is 0.0476. The molecule has 29 heavy (non-hydrogen) atoms. The third-order valence-corrected chi connectivity index (χ3v) is 6.16. The van der Waals surface area contributed by atoms with Gasteiger partial charge >= 0.3 is 0 Å². The summed E-state index contributed by atoms with van der Waals surface area (Å²) in [6.45, 7) is -0.107. The summed E-state index contributed by atoms with van der Waals surface area (Å²) >= 11 is 8.11. The maximum Gasteiger partial charge on any atom is 0.293 e. The number of rotatable bonds is 5. The van der Waals surface area contributed by atoms with Gasteiger partial charge in [-0.1, -0.05) is 41.6 Å². The number of imide groups is 1. The number of furan rings is 1. The van der Waals surface area contributed by atoms with E-state index in [4.69, 9.17) is 16.0 Å². The van der Waals surface area contributed by atoms with Crippen LogP contribution in [0.15, 0.2) is 80.0 Å². The van der Waals surface area contributed by atoms with Gasteiger partial charge in [-0.3, -0.25) is 14.5 Å². The molecule has 0 bridgehead atoms. The van der Waals surface area contributed by atoms with Crippen molar-refractivity contribution in [3.63, 3.8) is 0 Å². The summed E-state index contributed by atoms with van der Waals surface area (Å²) in [5.74, 6) is -0.463. The lowest BCUT2D eigenvalue weighted by atomic mass is 10.2. The molecule has 1 aliphatic heterocycles. The van der Waals surface area contributed by atoms with Gasteiger partial charge in [0.15, 0.2) is 5.09 Å². The molecule has 4 nitrogen and oxygen atoms in total. The van der Waals surface area contributed by atoms with E-state index in [2.05, 4.69) is 0 Å². The monoisotopic (exact) mass is 445 g/mol. The van der Waals surface area contributed by atoms with Crippen molar-refractivity contribution in [1.29, 1.82) is 0 Å². The van der Waals surface area contributed by atoms with E-state index in [0.29, 0.717) is 15.9 Å². The quantitative estimate of drug-likeness (QED) is 0.422. The molecule has 1 saturated heterocycles. The van der Waals surface area contributed by atoms with Crippen molar-refractivity contribution in [2.24, 2.45) is 0 Å². The molecule has 0 radical (unpaired) electrons. The van der Waals surface area contributed by atoms with Gasteiger partial charge in [0, 0.05) is 21.6 Å². The summed E-state index contributed by atoms with van der Waals surface area (Å²) in [4.78, 5) is 27.1. The van der Waals surface area contributed by atoms with Gasteiger partial charge in [0.25, 0.3) is 11.1 Å². The number of carbonyl (C=O) groups excluding carboxylic acids is 2. The average Bonchev–Trinajstić information content (AvgIpc) is 3.25. The Hall–Kier alpha value is -2.48. The van der Waals surface area contributed by atoms with Crippen LogP contribution in [0.2, 0.25) is 5.02 Å². The topological polar surface area (TPSA) is 50.5 Å². The third-order valence-electron chi connectivity index (χ3n) is 4.07. The fourth-order valence-corrected chi connectivity index (χ4v) is 4.37. The minimum atomic E-state index is -0.466. The van der Waals surface area contributed by atoms with Gasteiger partial charge < -0.3 is 4.42 Å². The van der Waals surface area contributed by atoms with Gasteiger partial charge in [-0.15, -0.1) is 0 Å². The first-order chi connectivity index (χ1) is 14.0. The van der Waals surface area contributed by atoms with Crippen LogP contribution in [-0.2, 0) is 11.3 Å². The first-order valence-corrected chi connectivity index (χ1v) is 10.5. The van der Waals surface area contributed by atoms with Gasteiger partial charge in [0.1, 0.15) is 11.6 Å². The van der Waals surface area contributed by atoms with Crippen LogP contribution in [0.25, 0.3) is 6.08 Å². The van der Waals surface area contributed by atoms with Crippen LogP contribution in [-0.4, -0.2) is 16.0 Å². The molecule has 1 fully saturated rings. The number of thioether (sulfide) groups is 1. The van der Waals surface area contributed by atoms with E-state index in [-0.39, 0.29) is 17.0 Å². The lowest BCUT2D eigenvalue weighted by Gasteiger charge is -2.12. The Labute approximate surface area is 179 Å². The van der Waals surface area contributed by atoms with Gasteiger partial charge in [0.2, 0.25) is 0 Å². The zero-order valence-electron chi connectivity index (χ0n) is 14.8. The molecular formula is C21H13ClFNO3S2. The second kappa shape index (κ2) is 8.49. The molecule has 0 N–H and O–H groups in total. The van der Waals surface area contributed by atoms with Crippen molar-refractivity contribution in [3.8, 4) is 0 Å². The van der Waals surface area contributed by atoms with Crippen LogP contribution in [0.3, 0.4) is 0 Å². The zero-order chi connectivity index (χ0) is 20.4. The van der Waals surface area contributed by atoms with Crippen molar-refractivity contribution < 1.29 is 18.4 Å². The van der Waals surface area contributed by atoms with E-state index in [1.807, 2.05) is 12.1 Å². The summed E-state index contributed by atoms with van der Waals surface area (Å²) in [6, 6.07) is 16.9. The van der Waals surface area contributed by atoms with Crippen LogP contribution in [0.5, 0.6) is 0 Å². The zero-order valence-corrected chi connectivity index (χ0v) is 17.2. The molecule has 0 unspecified atom stereocenters. The summed E-state index contributed by atoms with van der Waals surface area (Å²) in [5, 5.41) is 0.858. The molecule has 2 heterocycles. The molecule has 3 aromatic rings. The number of nitrogens with zero attached hydrogens (tertiary/aromatic N) is 1. The predicted octanol–water partition coefficient (Wildman–Crippen LogP) is 6.46. The molecule has 0 aliphatic carbocycles. The summed E-state index contributed by atoms with van der Waals surface area (Å²) < 4.78 is 19.6. The van der Waals surface area contributed by atoms with Crippen molar-refractivity contribution in [3.05, 3.63) is 87.7 Å². The largest absolute Gasteiger partial charge is 0.450 e. The fourth-order valence-electron chi connectivity index (χ4n) is 2.65. The highest BCUT2D eigenvalue weighted by atomic mass is 35.5. The highest BCUT2D eigenvalue weighted by molar-refractivity contribution is 8.18. The second-order valence-electron chi connectivity index (χ2n) is 6.07. The molecule has 2 amide bonds. The molecule has 1 aliphatic rings. The van der Waals surface area contributed by atoms with Crippen LogP contribution in [0.4, 0.5) is 9.18 Å². The van der Waals surface area contributed by atoms with Crippen molar-refractivity contribution in [2.75, 3.05) is 0 Å². The highest BCUT2D eigenvalue weighted by Crippen LogP contribution is 2.35. The Morgan fingerprint density at radius 1 is 1.07 bits per heavy atom. The average molecular weight is 446 g/mol. The van der Waals surface area contributed by atoms with Crippen LogP contribution in [0.1, 0.15) is 11.3 Å². The third kappa shape index (κ3) is 4.58. The van der Waals surface area contributed by atoms with Crippen LogP contribution < -0.4 is 0 Å². The number of halogens is 2. The standard InChI is InChI=1S/C21H13ClFNO3S2/c22-14-5-8-16(9-6-14)28-19-10-7-15(27-19)11-18-20(25)24(21(26)29-18)12-13-3-1-2-4-17(13)23/h1-11H,12H2/b18-11-. The van der Waals surface area contributed by atoms with E-state index in [1.54, 1.807) is 42.5 Å². The van der Waals surface area contributed by atoms with Gasteiger partial charge in [-0.25, -0.2) is 4.39 Å². The van der Waals surface area contributed by atoms with Gasteiger partial charge in [-0.05, 0) is 54.2 Å². The number of amides is 2. The molecule has 1 aromatic heterocycles. The minimum Gasteiger partial charge on any atom is -0.450 e. The van der Waals surface area contributed by atoms with Crippen LogP contribution >= 0.6 is 35.1 Å². The SMILES string of the molecule is O=C1S/C(=C\c2ccc(Sc3ccc(Cl)cc3)o2)C(=O)N1Cc1ccccc1F. The minimum absolute atomic E-state index is 0.107.